The molecule has 16 heavy (non-hydrogen) atoms. The van der Waals surface area contributed by atoms with Crippen molar-refractivity contribution in [3.63, 3.8) is 0 Å². The molecule has 0 saturated heterocycles. The number of phenols is 1. The molecule has 2 rings (SSSR count). The van der Waals surface area contributed by atoms with Crippen LogP contribution in [0.25, 0.3) is 11.1 Å². The molecule has 2 aromatic rings. The number of benzene rings is 1. The summed E-state index contributed by atoms with van der Waals surface area (Å²) in [6.45, 7) is 0.633. The molecule has 0 aliphatic heterocycles. The Bertz CT molecular complexity index is 442. The number of phenolic OH excluding ortho intramolecular Hbond substituents is 1. The molecule has 2 nitrogen and oxygen atoms in total. The third-order valence-electron chi connectivity index (χ3n) is 2.33. The fourth-order valence-electron chi connectivity index (χ4n) is 1.55. The zero-order chi connectivity index (χ0) is 10.7. The Balaban J connectivity index is 0.00000128. The van der Waals surface area contributed by atoms with Crippen molar-refractivity contribution in [2.45, 2.75) is 6.42 Å². The van der Waals surface area contributed by atoms with Gasteiger partial charge in [-0.05, 0) is 53.1 Å². The van der Waals surface area contributed by atoms with E-state index in [9.17, 15) is 5.11 Å². The van der Waals surface area contributed by atoms with Gasteiger partial charge in [0.05, 0.1) is 0 Å². The Morgan fingerprint density at radius 3 is 2.69 bits per heavy atom. The van der Waals surface area contributed by atoms with Gasteiger partial charge in [-0.15, -0.1) is 12.4 Å². The summed E-state index contributed by atoms with van der Waals surface area (Å²) in [6, 6.07) is 7.66. The summed E-state index contributed by atoms with van der Waals surface area (Å²) in [7, 11) is 0. The molecule has 0 atom stereocenters. The smallest absolute Gasteiger partial charge is 0.123 e. The summed E-state index contributed by atoms with van der Waals surface area (Å²) >= 11 is 1.63. The molecule has 4 heteroatoms. The molecule has 0 fully saturated rings. The van der Waals surface area contributed by atoms with Gasteiger partial charge in [-0.3, -0.25) is 0 Å². The number of aromatic hydroxyl groups is 1. The Hall–Kier alpha value is -1.03. The van der Waals surface area contributed by atoms with E-state index in [-0.39, 0.29) is 12.4 Å². The van der Waals surface area contributed by atoms with E-state index in [4.69, 9.17) is 5.73 Å². The lowest BCUT2D eigenvalue weighted by molar-refractivity contribution is 0.477. The lowest BCUT2D eigenvalue weighted by Gasteiger charge is -2.05. The van der Waals surface area contributed by atoms with Gasteiger partial charge in [0.25, 0.3) is 0 Å². The molecule has 0 unspecified atom stereocenters. The predicted molar refractivity (Wildman–Crippen MR) is 71.4 cm³/mol. The Kier molecular flexibility index (Phi) is 4.80. The first-order chi connectivity index (χ1) is 7.31. The summed E-state index contributed by atoms with van der Waals surface area (Å²) in [5.41, 5.74) is 8.63. The van der Waals surface area contributed by atoms with Crippen LogP contribution in [0.2, 0.25) is 0 Å². The zero-order valence-corrected chi connectivity index (χ0v) is 10.4. The molecule has 3 N–H and O–H groups in total. The highest BCUT2D eigenvalue weighted by Crippen LogP contribution is 2.31. The van der Waals surface area contributed by atoms with Gasteiger partial charge in [0.15, 0.2) is 0 Å². The van der Waals surface area contributed by atoms with Crippen LogP contribution >= 0.6 is 23.7 Å². The molecule has 0 spiro atoms. The standard InChI is InChI=1S/C12H13NOS.ClH/c13-5-3-9-1-2-12(14)11(7-9)10-4-6-15-8-10;/h1-2,4,6-8,14H,3,5,13H2;1H. The van der Waals surface area contributed by atoms with Crippen molar-refractivity contribution in [3.8, 4) is 16.9 Å². The predicted octanol–water partition coefficient (Wildman–Crippen LogP) is 3.04. The highest BCUT2D eigenvalue weighted by atomic mass is 35.5. The van der Waals surface area contributed by atoms with Crippen LogP contribution in [0.15, 0.2) is 35.0 Å². The molecule has 86 valence electrons. The van der Waals surface area contributed by atoms with Gasteiger partial charge < -0.3 is 10.8 Å². The molecule has 1 heterocycles. The van der Waals surface area contributed by atoms with Gasteiger partial charge in [-0.2, -0.15) is 11.3 Å². The van der Waals surface area contributed by atoms with E-state index in [1.54, 1.807) is 17.4 Å². The van der Waals surface area contributed by atoms with Crippen molar-refractivity contribution in [1.82, 2.24) is 0 Å². The quantitative estimate of drug-likeness (QED) is 0.886. The maximum Gasteiger partial charge on any atom is 0.123 e. The minimum atomic E-state index is 0. The first-order valence-electron chi connectivity index (χ1n) is 4.86. The van der Waals surface area contributed by atoms with Gasteiger partial charge in [-0.25, -0.2) is 0 Å². The van der Waals surface area contributed by atoms with Gasteiger partial charge >= 0.3 is 0 Å². The summed E-state index contributed by atoms with van der Waals surface area (Å²) in [5.74, 6) is 0.328. The summed E-state index contributed by atoms with van der Waals surface area (Å²) < 4.78 is 0. The van der Waals surface area contributed by atoms with E-state index in [0.717, 1.165) is 23.1 Å². The molecule has 1 aromatic heterocycles. The van der Waals surface area contributed by atoms with Crippen molar-refractivity contribution in [3.05, 3.63) is 40.6 Å². The van der Waals surface area contributed by atoms with Crippen LogP contribution in [0, 0.1) is 0 Å². The average molecular weight is 256 g/mol. The molecule has 0 saturated carbocycles. The highest BCUT2D eigenvalue weighted by molar-refractivity contribution is 7.08. The minimum absolute atomic E-state index is 0. The van der Waals surface area contributed by atoms with Gasteiger partial charge in [-0.1, -0.05) is 6.07 Å². The molecule has 1 aromatic carbocycles. The van der Waals surface area contributed by atoms with E-state index in [1.807, 2.05) is 29.0 Å². The molecular weight excluding hydrogens is 242 g/mol. The van der Waals surface area contributed by atoms with Crippen molar-refractivity contribution < 1.29 is 5.11 Å². The summed E-state index contributed by atoms with van der Waals surface area (Å²) in [4.78, 5) is 0. The molecule has 0 aliphatic rings. The molecule has 0 bridgehead atoms. The normalized spacial score (nSPS) is 9.81. The van der Waals surface area contributed by atoms with Crippen molar-refractivity contribution in [2.24, 2.45) is 5.73 Å². The highest BCUT2D eigenvalue weighted by Gasteiger charge is 2.05. The number of hydrogen-bond acceptors (Lipinski definition) is 3. The summed E-state index contributed by atoms with van der Waals surface area (Å²) in [6.07, 6.45) is 0.845. The minimum Gasteiger partial charge on any atom is -0.507 e. The number of hydrogen-bond donors (Lipinski definition) is 2. The second kappa shape index (κ2) is 5.89. The Labute approximate surface area is 105 Å². The van der Waals surface area contributed by atoms with Crippen molar-refractivity contribution in [2.75, 3.05) is 6.54 Å². The lowest BCUT2D eigenvalue weighted by Crippen LogP contribution is -2.02. The largest absolute Gasteiger partial charge is 0.507 e. The lowest BCUT2D eigenvalue weighted by atomic mass is 10.0. The molecule has 0 aliphatic carbocycles. The fraction of sp³-hybridized carbons (Fsp3) is 0.167. The first kappa shape index (κ1) is 13.0. The second-order valence-electron chi connectivity index (χ2n) is 3.40. The van der Waals surface area contributed by atoms with E-state index in [0.29, 0.717) is 12.3 Å². The molecule has 0 amide bonds. The van der Waals surface area contributed by atoms with Crippen LogP contribution in [0.5, 0.6) is 5.75 Å². The first-order valence-corrected chi connectivity index (χ1v) is 5.80. The Morgan fingerprint density at radius 2 is 2.06 bits per heavy atom. The maximum absolute atomic E-state index is 9.75. The van der Waals surface area contributed by atoms with E-state index < -0.39 is 0 Å². The van der Waals surface area contributed by atoms with Crippen LogP contribution in [-0.2, 0) is 6.42 Å². The van der Waals surface area contributed by atoms with Gasteiger partial charge in [0.1, 0.15) is 5.75 Å². The van der Waals surface area contributed by atoms with E-state index >= 15 is 0 Å². The summed E-state index contributed by atoms with van der Waals surface area (Å²) in [5, 5.41) is 13.8. The van der Waals surface area contributed by atoms with Gasteiger partial charge in [0.2, 0.25) is 0 Å². The fourth-order valence-corrected chi connectivity index (χ4v) is 2.21. The van der Waals surface area contributed by atoms with Crippen LogP contribution in [0.4, 0.5) is 0 Å². The van der Waals surface area contributed by atoms with Crippen molar-refractivity contribution in [1.29, 1.82) is 0 Å². The molecule has 0 radical (unpaired) electrons. The van der Waals surface area contributed by atoms with Crippen molar-refractivity contribution >= 4 is 23.7 Å². The Morgan fingerprint density at radius 1 is 1.25 bits per heavy atom. The number of nitrogens with two attached hydrogens (primary N) is 1. The van der Waals surface area contributed by atoms with Crippen LogP contribution in [-0.4, -0.2) is 11.7 Å². The third-order valence-corrected chi connectivity index (χ3v) is 3.01. The molecular formula is C12H14ClNOS. The van der Waals surface area contributed by atoms with E-state index in [1.165, 1.54) is 0 Å². The SMILES string of the molecule is Cl.NCCc1ccc(O)c(-c2ccsc2)c1. The van der Waals surface area contributed by atoms with Crippen LogP contribution < -0.4 is 5.73 Å². The number of halogens is 1. The number of rotatable bonds is 3. The van der Waals surface area contributed by atoms with Gasteiger partial charge in [0, 0.05) is 5.56 Å². The second-order valence-corrected chi connectivity index (χ2v) is 4.18. The monoisotopic (exact) mass is 255 g/mol. The topological polar surface area (TPSA) is 46.2 Å². The van der Waals surface area contributed by atoms with Crippen LogP contribution in [0.3, 0.4) is 0 Å². The maximum atomic E-state index is 9.75. The average Bonchev–Trinajstić information content (AvgIpc) is 2.74. The van der Waals surface area contributed by atoms with E-state index in [2.05, 4.69) is 0 Å². The van der Waals surface area contributed by atoms with Crippen LogP contribution in [0.1, 0.15) is 5.56 Å². The number of thiophene rings is 1. The third kappa shape index (κ3) is 2.76. The zero-order valence-electron chi connectivity index (χ0n) is 8.72.